The van der Waals surface area contributed by atoms with Gasteiger partial charge in [0, 0.05) is 28.6 Å². The van der Waals surface area contributed by atoms with Crippen LogP contribution in [0.3, 0.4) is 0 Å². The van der Waals surface area contributed by atoms with Crippen molar-refractivity contribution in [3.8, 4) is 17.0 Å². The molecule has 0 amide bonds. The summed E-state index contributed by atoms with van der Waals surface area (Å²) in [6.45, 7) is 0.770. The molecule has 0 saturated heterocycles. The second kappa shape index (κ2) is 3.57. The highest BCUT2D eigenvalue weighted by atomic mass is 16.5. The van der Waals surface area contributed by atoms with Gasteiger partial charge in [0.15, 0.2) is 5.65 Å². The third-order valence-corrected chi connectivity index (χ3v) is 3.34. The van der Waals surface area contributed by atoms with Crippen LogP contribution in [-0.2, 0) is 6.42 Å². The number of aromatic nitrogens is 3. The molecule has 0 aliphatic carbocycles. The summed E-state index contributed by atoms with van der Waals surface area (Å²) in [4.78, 5) is 3.31. The van der Waals surface area contributed by atoms with Gasteiger partial charge in [-0.1, -0.05) is 12.1 Å². The average molecular weight is 237 g/mol. The molecule has 88 valence electrons. The average Bonchev–Trinajstić information content (AvgIpc) is 3.04. The zero-order chi connectivity index (χ0) is 11.9. The smallest absolute Gasteiger partial charge is 0.160 e. The quantitative estimate of drug-likeness (QED) is 0.707. The molecule has 4 heteroatoms. The Morgan fingerprint density at radius 2 is 2.22 bits per heavy atom. The summed E-state index contributed by atoms with van der Waals surface area (Å²) >= 11 is 0. The molecule has 1 aliphatic heterocycles. The number of fused-ring (bicyclic) bond motifs is 2. The lowest BCUT2D eigenvalue weighted by Gasteiger charge is -2.04. The SMILES string of the molecule is c1cc2c(c(-c3cc4ccnnc4[nH]3)c1)CCO2. The number of benzene rings is 1. The molecule has 2 aromatic heterocycles. The van der Waals surface area contributed by atoms with Gasteiger partial charge in [-0.2, -0.15) is 5.10 Å². The molecule has 3 heterocycles. The molecule has 0 unspecified atom stereocenters. The van der Waals surface area contributed by atoms with Gasteiger partial charge in [-0.3, -0.25) is 0 Å². The fourth-order valence-electron chi connectivity index (χ4n) is 2.49. The molecule has 1 aromatic carbocycles. The molecule has 18 heavy (non-hydrogen) atoms. The Kier molecular flexibility index (Phi) is 1.91. The molecule has 0 atom stereocenters. The standard InChI is InChI=1S/C14H11N3O/c1-2-10(11-5-7-18-13(11)3-1)12-8-9-4-6-15-17-14(9)16-12/h1-4,6,8H,5,7H2,(H,16,17). The Bertz CT molecular complexity index is 700. The van der Waals surface area contributed by atoms with E-state index >= 15 is 0 Å². The molecule has 0 radical (unpaired) electrons. The number of nitrogens with zero attached hydrogens (tertiary/aromatic N) is 2. The van der Waals surface area contributed by atoms with Crippen molar-refractivity contribution >= 4 is 11.0 Å². The lowest BCUT2D eigenvalue weighted by molar-refractivity contribution is 0.357. The summed E-state index contributed by atoms with van der Waals surface area (Å²) in [5.41, 5.74) is 4.37. The molecule has 0 bridgehead atoms. The van der Waals surface area contributed by atoms with Gasteiger partial charge >= 0.3 is 0 Å². The first-order valence-corrected chi connectivity index (χ1v) is 5.97. The van der Waals surface area contributed by atoms with E-state index < -0.39 is 0 Å². The van der Waals surface area contributed by atoms with Crippen molar-refractivity contribution in [2.45, 2.75) is 6.42 Å². The van der Waals surface area contributed by atoms with E-state index in [1.54, 1.807) is 6.20 Å². The maximum Gasteiger partial charge on any atom is 0.160 e. The van der Waals surface area contributed by atoms with Crippen LogP contribution in [0.1, 0.15) is 5.56 Å². The molecule has 1 aliphatic rings. The molecule has 0 saturated carbocycles. The van der Waals surface area contributed by atoms with Crippen LogP contribution in [0.2, 0.25) is 0 Å². The fraction of sp³-hybridized carbons (Fsp3) is 0.143. The van der Waals surface area contributed by atoms with Crippen LogP contribution < -0.4 is 4.74 Å². The van der Waals surface area contributed by atoms with Crippen LogP contribution in [0.25, 0.3) is 22.3 Å². The van der Waals surface area contributed by atoms with Crippen LogP contribution >= 0.6 is 0 Å². The van der Waals surface area contributed by atoms with Gasteiger partial charge in [0.05, 0.1) is 12.8 Å². The van der Waals surface area contributed by atoms with Crippen molar-refractivity contribution in [1.29, 1.82) is 0 Å². The molecule has 4 nitrogen and oxygen atoms in total. The maximum absolute atomic E-state index is 5.59. The van der Waals surface area contributed by atoms with Gasteiger partial charge in [0.25, 0.3) is 0 Å². The highest BCUT2D eigenvalue weighted by molar-refractivity contribution is 5.83. The van der Waals surface area contributed by atoms with Gasteiger partial charge in [-0.15, -0.1) is 5.10 Å². The van der Waals surface area contributed by atoms with Gasteiger partial charge in [-0.25, -0.2) is 0 Å². The Hall–Kier alpha value is -2.36. The van der Waals surface area contributed by atoms with E-state index in [9.17, 15) is 0 Å². The fourth-order valence-corrected chi connectivity index (χ4v) is 2.49. The van der Waals surface area contributed by atoms with Crippen molar-refractivity contribution in [2.24, 2.45) is 0 Å². The number of aromatic amines is 1. The molecule has 0 fully saturated rings. The number of ether oxygens (including phenoxy) is 1. The first-order chi connectivity index (χ1) is 8.92. The third kappa shape index (κ3) is 1.32. The Morgan fingerprint density at radius 1 is 1.22 bits per heavy atom. The van der Waals surface area contributed by atoms with Crippen molar-refractivity contribution in [1.82, 2.24) is 15.2 Å². The minimum Gasteiger partial charge on any atom is -0.493 e. The summed E-state index contributed by atoms with van der Waals surface area (Å²) in [6, 6.07) is 10.2. The van der Waals surface area contributed by atoms with E-state index in [-0.39, 0.29) is 0 Å². The molecular weight excluding hydrogens is 226 g/mol. The van der Waals surface area contributed by atoms with Gasteiger partial charge < -0.3 is 9.72 Å². The van der Waals surface area contributed by atoms with E-state index in [0.29, 0.717) is 0 Å². The lowest BCUT2D eigenvalue weighted by atomic mass is 10.0. The van der Waals surface area contributed by atoms with Crippen LogP contribution in [0.15, 0.2) is 36.5 Å². The van der Waals surface area contributed by atoms with Gasteiger partial charge in [0.1, 0.15) is 5.75 Å². The monoisotopic (exact) mass is 237 g/mol. The zero-order valence-corrected chi connectivity index (χ0v) is 9.68. The molecule has 3 aromatic rings. The minimum atomic E-state index is 0.770. The Balaban J connectivity index is 1.95. The predicted octanol–water partition coefficient (Wildman–Crippen LogP) is 2.56. The van der Waals surface area contributed by atoms with E-state index in [2.05, 4.69) is 27.3 Å². The van der Waals surface area contributed by atoms with E-state index in [1.165, 1.54) is 11.1 Å². The third-order valence-electron chi connectivity index (χ3n) is 3.34. The maximum atomic E-state index is 5.59. The molecule has 0 spiro atoms. The lowest BCUT2D eigenvalue weighted by Crippen LogP contribution is -1.87. The van der Waals surface area contributed by atoms with Crippen molar-refractivity contribution in [3.63, 3.8) is 0 Å². The van der Waals surface area contributed by atoms with Gasteiger partial charge in [0.2, 0.25) is 0 Å². The van der Waals surface area contributed by atoms with Crippen molar-refractivity contribution in [2.75, 3.05) is 6.61 Å². The van der Waals surface area contributed by atoms with E-state index in [4.69, 9.17) is 4.74 Å². The number of hydrogen-bond acceptors (Lipinski definition) is 3. The number of hydrogen-bond donors (Lipinski definition) is 1. The Morgan fingerprint density at radius 3 is 3.17 bits per heavy atom. The normalized spacial score (nSPS) is 13.6. The first-order valence-electron chi connectivity index (χ1n) is 5.97. The number of rotatable bonds is 1. The second-order valence-electron chi connectivity index (χ2n) is 4.40. The van der Waals surface area contributed by atoms with E-state index in [1.807, 2.05) is 18.2 Å². The number of H-pyrrole nitrogens is 1. The van der Waals surface area contributed by atoms with Crippen LogP contribution in [0.4, 0.5) is 0 Å². The summed E-state index contributed by atoms with van der Waals surface area (Å²) in [5.74, 6) is 0.997. The zero-order valence-electron chi connectivity index (χ0n) is 9.68. The van der Waals surface area contributed by atoms with Crippen LogP contribution in [-0.4, -0.2) is 21.8 Å². The number of nitrogens with one attached hydrogen (secondary N) is 1. The minimum absolute atomic E-state index is 0.770. The summed E-state index contributed by atoms with van der Waals surface area (Å²) < 4.78 is 5.59. The van der Waals surface area contributed by atoms with Crippen LogP contribution in [0, 0.1) is 0 Å². The molecular formula is C14H11N3O. The van der Waals surface area contributed by atoms with Crippen LogP contribution in [0.5, 0.6) is 5.75 Å². The molecule has 1 N–H and O–H groups in total. The summed E-state index contributed by atoms with van der Waals surface area (Å²) in [5, 5.41) is 9.05. The highest BCUT2D eigenvalue weighted by Gasteiger charge is 2.17. The largest absolute Gasteiger partial charge is 0.493 e. The van der Waals surface area contributed by atoms with E-state index in [0.717, 1.165) is 35.5 Å². The molecule has 4 rings (SSSR count). The topological polar surface area (TPSA) is 50.8 Å². The second-order valence-corrected chi connectivity index (χ2v) is 4.40. The summed E-state index contributed by atoms with van der Waals surface area (Å²) in [6.07, 6.45) is 2.67. The Labute approximate surface area is 104 Å². The highest BCUT2D eigenvalue weighted by Crippen LogP contribution is 2.34. The van der Waals surface area contributed by atoms with Gasteiger partial charge in [-0.05, 0) is 18.2 Å². The summed E-state index contributed by atoms with van der Waals surface area (Å²) in [7, 11) is 0. The first kappa shape index (κ1) is 9.65. The van der Waals surface area contributed by atoms with Crippen molar-refractivity contribution in [3.05, 3.63) is 42.1 Å². The predicted molar refractivity (Wildman–Crippen MR) is 68.5 cm³/mol. The van der Waals surface area contributed by atoms with Crippen molar-refractivity contribution < 1.29 is 4.74 Å².